The Hall–Kier alpha value is 0.0300. The zero-order valence-corrected chi connectivity index (χ0v) is 7.88. The number of carbonyl (C=O) groups is 2. The topological polar surface area (TPSA) is 63.6 Å². The molecule has 0 aliphatic rings. The molecule has 0 aromatic carbocycles. The maximum atomic E-state index is 9.97. The Labute approximate surface area is 81.5 Å². The Bertz CT molecular complexity index is 115. The number of thiol groups is 1. The van der Waals surface area contributed by atoms with Gasteiger partial charge in [0.1, 0.15) is 13.2 Å². The van der Waals surface area contributed by atoms with Crippen LogP contribution in [0, 0.1) is 0 Å². The number of rotatable bonds is 4. The quantitative estimate of drug-likeness (QED) is 0.676. The van der Waals surface area contributed by atoms with E-state index < -0.39 is 17.7 Å². The largest absolute Gasteiger partial charge is 0.480 e. The number of halogens is 2. The fourth-order valence-electron chi connectivity index (χ4n) is 0.226. The third kappa shape index (κ3) is 17.8. The molecule has 0 aliphatic heterocycles. The zero-order valence-electron chi connectivity index (χ0n) is 5.35. The third-order valence-corrected chi connectivity index (χ3v) is 0.580. The maximum Gasteiger partial charge on any atom is 0.329 e. The molecule has 0 unspecified atom stereocenters. The molecular weight excluding hydrogens is 215 g/mol. The van der Waals surface area contributed by atoms with Crippen molar-refractivity contribution in [2.24, 2.45) is 0 Å². The van der Waals surface area contributed by atoms with E-state index in [2.05, 4.69) is 17.4 Å². The highest BCUT2D eigenvalue weighted by molar-refractivity contribution is 7.96. The summed E-state index contributed by atoms with van der Waals surface area (Å²) in [5, 5.41) is 7.49. The minimum atomic E-state index is -1.09. The van der Waals surface area contributed by atoms with Crippen molar-refractivity contribution in [2.45, 2.75) is 0 Å². The van der Waals surface area contributed by atoms with Crippen molar-refractivity contribution in [3.05, 3.63) is 0 Å². The monoisotopic (exact) mass is 222 g/mol. The number of carboxylic acid groups (broad SMARTS) is 1. The van der Waals surface area contributed by atoms with Gasteiger partial charge in [0, 0.05) is 0 Å². The highest BCUT2D eigenvalue weighted by Gasteiger charge is 1.97. The molecule has 0 radical (unpaired) electrons. The van der Waals surface area contributed by atoms with Gasteiger partial charge in [0.25, 0.3) is 0 Å². The van der Waals surface area contributed by atoms with Crippen molar-refractivity contribution in [3.8, 4) is 0 Å². The van der Waals surface area contributed by atoms with Gasteiger partial charge in [-0.3, -0.25) is 4.79 Å². The summed E-state index contributed by atoms with van der Waals surface area (Å²) < 4.78 is 4.33. The Kier molecular flexibility index (Phi) is 15.7. The van der Waals surface area contributed by atoms with Crippen molar-refractivity contribution in [2.75, 3.05) is 13.2 Å². The smallest absolute Gasteiger partial charge is 0.329 e. The first kappa shape index (κ1) is 17.2. The maximum absolute atomic E-state index is 9.97. The van der Waals surface area contributed by atoms with Gasteiger partial charge in [-0.2, -0.15) is 0 Å². The first-order valence-electron chi connectivity index (χ1n) is 2.14. The van der Waals surface area contributed by atoms with E-state index in [1.54, 1.807) is 0 Å². The second-order valence-electron chi connectivity index (χ2n) is 1.28. The standard InChI is InChI=1S/C4H6O4S.2ClH/c5-3(6)1-8-2-4(7)9;;/h1-2H2,(H,5,6)(H,7,9);2*1H. The van der Waals surface area contributed by atoms with Crippen LogP contribution in [0.25, 0.3) is 0 Å². The number of aliphatic carboxylic acids is 1. The Morgan fingerprint density at radius 1 is 1.27 bits per heavy atom. The number of carbonyl (C=O) groups excluding carboxylic acids is 1. The van der Waals surface area contributed by atoms with Crippen LogP contribution < -0.4 is 0 Å². The van der Waals surface area contributed by atoms with E-state index in [1.807, 2.05) is 0 Å². The summed E-state index contributed by atoms with van der Waals surface area (Å²) in [4.78, 5) is 19.7. The van der Waals surface area contributed by atoms with E-state index >= 15 is 0 Å². The highest BCUT2D eigenvalue weighted by Crippen LogP contribution is 1.80. The van der Waals surface area contributed by atoms with Crippen LogP contribution in [0.15, 0.2) is 0 Å². The van der Waals surface area contributed by atoms with Crippen molar-refractivity contribution in [1.29, 1.82) is 0 Å². The average molecular weight is 223 g/mol. The predicted molar refractivity (Wildman–Crippen MR) is 46.9 cm³/mol. The van der Waals surface area contributed by atoms with Gasteiger partial charge in [0.05, 0.1) is 0 Å². The molecule has 1 N–H and O–H groups in total. The summed E-state index contributed by atoms with van der Waals surface area (Å²) in [7, 11) is 0. The van der Waals surface area contributed by atoms with Crippen LogP contribution >= 0.6 is 37.4 Å². The zero-order chi connectivity index (χ0) is 7.28. The van der Waals surface area contributed by atoms with Crippen LogP contribution in [0.5, 0.6) is 0 Å². The van der Waals surface area contributed by atoms with E-state index in [-0.39, 0.29) is 31.4 Å². The molecule has 0 bridgehead atoms. The fourth-order valence-corrected chi connectivity index (χ4v) is 0.317. The van der Waals surface area contributed by atoms with Crippen molar-refractivity contribution >= 4 is 48.5 Å². The molecule has 11 heavy (non-hydrogen) atoms. The molecule has 0 amide bonds. The van der Waals surface area contributed by atoms with Crippen LogP contribution in [0.3, 0.4) is 0 Å². The normalized spacial score (nSPS) is 7.36. The SMILES string of the molecule is Cl.Cl.O=C(O)COCC(=O)S. The minimum absolute atomic E-state index is 0. The lowest BCUT2D eigenvalue weighted by molar-refractivity contribution is -0.142. The molecule has 7 heteroatoms. The predicted octanol–water partition coefficient (Wildman–Crippen LogP) is 0.388. The lowest BCUT2D eigenvalue weighted by Crippen LogP contribution is -2.10. The molecule has 0 fully saturated rings. The van der Waals surface area contributed by atoms with Gasteiger partial charge in [-0.25, -0.2) is 4.79 Å². The molecule has 68 valence electrons. The number of hydrogen-bond acceptors (Lipinski definition) is 3. The molecule has 0 aromatic rings. The van der Waals surface area contributed by atoms with Gasteiger partial charge in [-0.05, 0) is 0 Å². The lowest BCUT2D eigenvalue weighted by Gasteiger charge is -1.93. The van der Waals surface area contributed by atoms with Crippen LogP contribution in [0.2, 0.25) is 0 Å². The van der Waals surface area contributed by atoms with Crippen molar-refractivity contribution in [1.82, 2.24) is 0 Å². The summed E-state index contributed by atoms with van der Waals surface area (Å²) in [5.74, 6) is -1.09. The van der Waals surface area contributed by atoms with E-state index in [0.717, 1.165) is 0 Å². The van der Waals surface area contributed by atoms with E-state index in [9.17, 15) is 9.59 Å². The molecule has 0 atom stereocenters. The molecular formula is C4H8Cl2O4S. The van der Waals surface area contributed by atoms with E-state index in [1.165, 1.54) is 0 Å². The van der Waals surface area contributed by atoms with Crippen molar-refractivity contribution < 1.29 is 19.4 Å². The summed E-state index contributed by atoms with van der Waals surface area (Å²) in [5.41, 5.74) is 0. The average Bonchev–Trinajstić information content (AvgIpc) is 1.63. The number of hydrogen-bond donors (Lipinski definition) is 2. The molecule has 0 saturated heterocycles. The van der Waals surface area contributed by atoms with E-state index in [4.69, 9.17) is 5.11 Å². The number of carboxylic acids is 1. The van der Waals surface area contributed by atoms with Gasteiger partial charge in [-0.1, -0.05) is 0 Å². The third-order valence-electron chi connectivity index (χ3n) is 0.451. The molecule has 0 saturated carbocycles. The molecule has 0 aromatic heterocycles. The van der Waals surface area contributed by atoms with Gasteiger partial charge >= 0.3 is 5.97 Å². The molecule has 0 aliphatic carbocycles. The van der Waals surface area contributed by atoms with Gasteiger partial charge < -0.3 is 9.84 Å². The second kappa shape index (κ2) is 10.0. The second-order valence-corrected chi connectivity index (χ2v) is 1.78. The first-order valence-corrected chi connectivity index (χ1v) is 2.59. The lowest BCUT2D eigenvalue weighted by atomic mass is 10.7. The van der Waals surface area contributed by atoms with E-state index in [0.29, 0.717) is 0 Å². The molecule has 0 spiro atoms. The molecule has 0 rings (SSSR count). The fraction of sp³-hybridized carbons (Fsp3) is 0.500. The summed E-state index contributed by atoms with van der Waals surface area (Å²) >= 11 is 3.34. The van der Waals surface area contributed by atoms with Crippen LogP contribution in [-0.4, -0.2) is 29.4 Å². The highest BCUT2D eigenvalue weighted by atomic mass is 35.5. The number of ether oxygens (including phenoxy) is 1. The molecule has 4 nitrogen and oxygen atoms in total. The Morgan fingerprint density at radius 2 is 1.73 bits per heavy atom. The molecule has 0 heterocycles. The van der Waals surface area contributed by atoms with Gasteiger partial charge in [-0.15, -0.1) is 37.4 Å². The first-order chi connectivity index (χ1) is 4.13. The summed E-state index contributed by atoms with van der Waals surface area (Å²) in [6.45, 7) is -0.707. The summed E-state index contributed by atoms with van der Waals surface area (Å²) in [6.07, 6.45) is 0. The van der Waals surface area contributed by atoms with Gasteiger partial charge in [0.2, 0.25) is 5.12 Å². The summed E-state index contributed by atoms with van der Waals surface area (Å²) in [6, 6.07) is 0. The van der Waals surface area contributed by atoms with Gasteiger partial charge in [0.15, 0.2) is 0 Å². The van der Waals surface area contributed by atoms with Crippen LogP contribution in [0.4, 0.5) is 0 Å². The Morgan fingerprint density at radius 3 is 2.00 bits per heavy atom. The Balaban J connectivity index is -0.000000320. The van der Waals surface area contributed by atoms with Crippen LogP contribution in [-0.2, 0) is 14.3 Å². The van der Waals surface area contributed by atoms with Crippen LogP contribution in [0.1, 0.15) is 0 Å². The minimum Gasteiger partial charge on any atom is -0.480 e. The van der Waals surface area contributed by atoms with Crippen molar-refractivity contribution in [3.63, 3.8) is 0 Å².